The molecule has 0 saturated carbocycles. The Bertz CT molecular complexity index is 1100. The zero-order valence-electron chi connectivity index (χ0n) is 17.9. The Morgan fingerprint density at radius 1 is 1.20 bits per heavy atom. The van der Waals surface area contributed by atoms with Crippen LogP contribution in [0.4, 0.5) is 0 Å². The first-order valence-electron chi connectivity index (χ1n) is 11.0. The molecule has 0 unspecified atom stereocenters. The highest BCUT2D eigenvalue weighted by Gasteiger charge is 2.19. The van der Waals surface area contributed by atoms with Crippen LogP contribution in [0.2, 0.25) is 0 Å². The predicted octanol–water partition coefficient (Wildman–Crippen LogP) is 3.37. The number of aryl methyl sites for hydroxylation is 3. The second-order valence-electron chi connectivity index (χ2n) is 8.39. The monoisotopic (exact) mass is 406 g/mol. The molecule has 0 bridgehead atoms. The van der Waals surface area contributed by atoms with Gasteiger partial charge in [-0.05, 0) is 51.2 Å². The molecule has 3 aromatic rings. The number of carbonyl (C=O) groups excluding carboxylic acids is 1. The summed E-state index contributed by atoms with van der Waals surface area (Å²) in [5, 5.41) is 3.08. The van der Waals surface area contributed by atoms with E-state index in [0.717, 1.165) is 50.0 Å². The molecular weight excluding hydrogens is 376 g/mol. The van der Waals surface area contributed by atoms with Gasteiger partial charge in [0.25, 0.3) is 5.56 Å². The molecule has 0 radical (unpaired) electrons. The smallest absolute Gasteiger partial charge is 0.278 e. The third-order valence-corrected chi connectivity index (χ3v) is 5.99. The van der Waals surface area contributed by atoms with Crippen molar-refractivity contribution in [3.05, 3.63) is 63.8 Å². The number of carbonyl (C=O) groups is 1. The van der Waals surface area contributed by atoms with Gasteiger partial charge in [-0.3, -0.25) is 14.2 Å². The van der Waals surface area contributed by atoms with Gasteiger partial charge in [0.05, 0.1) is 5.52 Å². The maximum atomic E-state index is 13.2. The molecule has 0 spiro atoms. The molecule has 30 heavy (non-hydrogen) atoms. The first-order chi connectivity index (χ1) is 14.5. The van der Waals surface area contributed by atoms with Gasteiger partial charge in [-0.1, -0.05) is 36.8 Å². The van der Waals surface area contributed by atoms with Crippen molar-refractivity contribution >= 4 is 16.9 Å². The molecule has 1 aliphatic heterocycles. The van der Waals surface area contributed by atoms with E-state index in [1.165, 1.54) is 5.56 Å². The van der Waals surface area contributed by atoms with Crippen molar-refractivity contribution in [2.24, 2.45) is 0 Å². The van der Waals surface area contributed by atoms with Gasteiger partial charge in [0.1, 0.15) is 17.9 Å². The van der Waals surface area contributed by atoms with Crippen molar-refractivity contribution in [2.75, 3.05) is 0 Å². The summed E-state index contributed by atoms with van der Waals surface area (Å²) >= 11 is 0. The minimum Gasteiger partial charge on any atom is -0.352 e. The standard InChI is InChI=1S/C24H30N4O2/c1-17(12-13-19-9-5-3-6-10-19)25-22(29)16-28-18(2)15-20-23(28)24(30)27-14-8-4-7-11-21(27)26-20/h3,5-6,9-10,15,17H,4,7-8,11-14,16H2,1-2H3,(H,25,29)/t17-/m1/s1. The van der Waals surface area contributed by atoms with Gasteiger partial charge in [0.15, 0.2) is 0 Å². The average molecular weight is 407 g/mol. The number of fused-ring (bicyclic) bond motifs is 2. The van der Waals surface area contributed by atoms with E-state index in [0.29, 0.717) is 17.6 Å². The van der Waals surface area contributed by atoms with Gasteiger partial charge in [-0.25, -0.2) is 4.98 Å². The maximum Gasteiger partial charge on any atom is 0.278 e. The van der Waals surface area contributed by atoms with Crippen LogP contribution in [0.1, 0.15) is 49.7 Å². The normalized spacial score (nSPS) is 14.9. The van der Waals surface area contributed by atoms with E-state index in [4.69, 9.17) is 4.98 Å². The molecule has 1 N–H and O–H groups in total. The average Bonchev–Trinajstić information content (AvgIpc) is 2.89. The van der Waals surface area contributed by atoms with Crippen LogP contribution >= 0.6 is 0 Å². The maximum absolute atomic E-state index is 13.2. The van der Waals surface area contributed by atoms with E-state index in [-0.39, 0.29) is 24.1 Å². The summed E-state index contributed by atoms with van der Waals surface area (Å²) in [6, 6.07) is 12.3. The number of hydrogen-bond acceptors (Lipinski definition) is 3. The van der Waals surface area contributed by atoms with Crippen molar-refractivity contribution in [3.63, 3.8) is 0 Å². The van der Waals surface area contributed by atoms with Gasteiger partial charge in [-0.15, -0.1) is 0 Å². The van der Waals surface area contributed by atoms with Crippen LogP contribution in [0.3, 0.4) is 0 Å². The summed E-state index contributed by atoms with van der Waals surface area (Å²) in [5.74, 6) is 0.802. The SMILES string of the molecule is Cc1cc2nc3n(c(=O)c2n1CC(=O)N[C@H](C)CCc1ccccc1)CCCCC3. The van der Waals surface area contributed by atoms with Crippen LogP contribution in [0, 0.1) is 6.92 Å². The van der Waals surface area contributed by atoms with E-state index >= 15 is 0 Å². The lowest BCUT2D eigenvalue weighted by Gasteiger charge is -2.16. The molecule has 1 atom stereocenters. The molecule has 3 heterocycles. The fourth-order valence-electron chi connectivity index (χ4n) is 4.33. The summed E-state index contributed by atoms with van der Waals surface area (Å²) in [7, 11) is 0. The molecule has 2 aromatic heterocycles. The van der Waals surface area contributed by atoms with Crippen molar-refractivity contribution in [1.29, 1.82) is 0 Å². The molecule has 0 aliphatic carbocycles. The number of aromatic nitrogens is 3. The summed E-state index contributed by atoms with van der Waals surface area (Å²) in [6.07, 6.45) is 5.83. The fraction of sp³-hybridized carbons (Fsp3) is 0.458. The molecular formula is C24H30N4O2. The van der Waals surface area contributed by atoms with Crippen LogP contribution in [-0.2, 0) is 30.7 Å². The third kappa shape index (κ3) is 4.32. The largest absolute Gasteiger partial charge is 0.352 e. The highest BCUT2D eigenvalue weighted by Crippen LogP contribution is 2.18. The zero-order valence-corrected chi connectivity index (χ0v) is 17.9. The van der Waals surface area contributed by atoms with E-state index in [9.17, 15) is 9.59 Å². The van der Waals surface area contributed by atoms with Gasteiger partial charge >= 0.3 is 0 Å². The van der Waals surface area contributed by atoms with E-state index in [2.05, 4.69) is 17.4 Å². The summed E-state index contributed by atoms with van der Waals surface area (Å²) < 4.78 is 3.63. The summed E-state index contributed by atoms with van der Waals surface area (Å²) in [5.41, 5.74) is 3.39. The minimum atomic E-state index is -0.0736. The number of benzene rings is 1. The number of nitrogens with zero attached hydrogens (tertiary/aromatic N) is 3. The molecule has 6 nitrogen and oxygen atoms in total. The Hall–Kier alpha value is -2.89. The second kappa shape index (κ2) is 8.86. The van der Waals surface area contributed by atoms with Crippen molar-refractivity contribution in [1.82, 2.24) is 19.4 Å². The zero-order chi connectivity index (χ0) is 21.1. The van der Waals surface area contributed by atoms with Crippen molar-refractivity contribution in [3.8, 4) is 0 Å². The number of hydrogen-bond donors (Lipinski definition) is 1. The number of rotatable bonds is 6. The number of nitrogens with one attached hydrogen (secondary N) is 1. The number of amides is 1. The van der Waals surface area contributed by atoms with Gasteiger partial charge in [-0.2, -0.15) is 0 Å². The Morgan fingerprint density at radius 3 is 2.80 bits per heavy atom. The molecule has 1 aromatic carbocycles. The van der Waals surface area contributed by atoms with Crippen molar-refractivity contribution in [2.45, 2.75) is 71.5 Å². The first-order valence-corrected chi connectivity index (χ1v) is 11.0. The molecule has 4 rings (SSSR count). The Balaban J connectivity index is 1.49. The quantitative estimate of drug-likeness (QED) is 0.682. The predicted molar refractivity (Wildman–Crippen MR) is 119 cm³/mol. The van der Waals surface area contributed by atoms with Crippen LogP contribution in [0.5, 0.6) is 0 Å². The molecule has 158 valence electrons. The Labute approximate surface area is 176 Å². The van der Waals surface area contributed by atoms with Crippen LogP contribution < -0.4 is 10.9 Å². The van der Waals surface area contributed by atoms with Gasteiger partial charge in [0.2, 0.25) is 5.91 Å². The Morgan fingerprint density at radius 2 is 2.00 bits per heavy atom. The molecule has 1 amide bonds. The highest BCUT2D eigenvalue weighted by molar-refractivity contribution is 5.81. The highest BCUT2D eigenvalue weighted by atomic mass is 16.2. The summed E-state index contributed by atoms with van der Waals surface area (Å²) in [6.45, 7) is 4.81. The minimum absolute atomic E-state index is 0.0186. The van der Waals surface area contributed by atoms with Gasteiger partial charge < -0.3 is 9.88 Å². The lowest BCUT2D eigenvalue weighted by atomic mass is 10.1. The summed E-state index contributed by atoms with van der Waals surface area (Å²) in [4.78, 5) is 30.7. The lowest BCUT2D eigenvalue weighted by molar-refractivity contribution is -0.122. The van der Waals surface area contributed by atoms with Crippen LogP contribution in [0.15, 0.2) is 41.2 Å². The molecule has 0 saturated heterocycles. The molecule has 0 fully saturated rings. The van der Waals surface area contributed by atoms with Crippen LogP contribution in [0.25, 0.3) is 11.0 Å². The molecule has 6 heteroatoms. The lowest BCUT2D eigenvalue weighted by Crippen LogP contribution is -2.36. The Kier molecular flexibility index (Phi) is 6.02. The molecule has 1 aliphatic rings. The second-order valence-corrected chi connectivity index (χ2v) is 8.39. The fourth-order valence-corrected chi connectivity index (χ4v) is 4.33. The topological polar surface area (TPSA) is 68.9 Å². The van der Waals surface area contributed by atoms with Crippen LogP contribution in [-0.4, -0.2) is 26.1 Å². The van der Waals surface area contributed by atoms with E-state index in [1.807, 2.05) is 47.2 Å². The third-order valence-electron chi connectivity index (χ3n) is 5.99. The van der Waals surface area contributed by atoms with Gasteiger partial charge in [0, 0.05) is 24.7 Å². The first kappa shape index (κ1) is 20.4. The van der Waals surface area contributed by atoms with Crippen molar-refractivity contribution < 1.29 is 4.79 Å². The van der Waals surface area contributed by atoms with E-state index < -0.39 is 0 Å². The van der Waals surface area contributed by atoms with E-state index in [1.54, 1.807) is 0 Å².